The highest BCUT2D eigenvalue weighted by atomic mass is 19.4. The molecule has 0 aliphatic carbocycles. The van der Waals surface area contributed by atoms with E-state index in [9.17, 15) is 35.5 Å². The van der Waals surface area contributed by atoms with Gasteiger partial charge in [-0.3, -0.25) is 4.79 Å². The topological polar surface area (TPSA) is 38.3 Å². The lowest BCUT2D eigenvalue weighted by atomic mass is 10.1. The van der Waals surface area contributed by atoms with Crippen molar-refractivity contribution in [2.45, 2.75) is 31.7 Å². The second-order valence-corrected chi connectivity index (χ2v) is 4.10. The van der Waals surface area contributed by atoms with Crippen LogP contribution in [0.25, 0.3) is 0 Å². The zero-order chi connectivity index (χ0) is 17.2. The number of halogens is 7. The second-order valence-electron chi connectivity index (χ2n) is 4.10. The third kappa shape index (κ3) is 4.09. The number of carbonyl (C=O) groups is 1. The standard InChI is InChI=1S/C12H10F7NO2/c1-2-7-5-3-4-6-8(7)20-9(21)10(13,14)11(15,16)22-12(17,18)19/h3-6H,2H2,1H3,(H,20,21). The van der Waals surface area contributed by atoms with Gasteiger partial charge in [-0.25, -0.2) is 4.74 Å². The van der Waals surface area contributed by atoms with Gasteiger partial charge in [0.25, 0.3) is 0 Å². The summed E-state index contributed by atoms with van der Waals surface area (Å²) in [5, 5.41) is 1.48. The van der Waals surface area contributed by atoms with Gasteiger partial charge >= 0.3 is 24.3 Å². The number of anilines is 1. The maximum absolute atomic E-state index is 13.3. The molecule has 0 aromatic heterocycles. The van der Waals surface area contributed by atoms with E-state index in [2.05, 4.69) is 4.74 Å². The number of para-hydroxylation sites is 1. The molecule has 0 fully saturated rings. The molecule has 10 heteroatoms. The van der Waals surface area contributed by atoms with Gasteiger partial charge < -0.3 is 5.32 Å². The Balaban J connectivity index is 2.99. The largest absolute Gasteiger partial charge is 0.527 e. The smallest absolute Gasteiger partial charge is 0.320 e. The van der Waals surface area contributed by atoms with E-state index in [-0.39, 0.29) is 12.1 Å². The first-order chi connectivity index (χ1) is 9.90. The quantitative estimate of drug-likeness (QED) is 0.829. The molecule has 22 heavy (non-hydrogen) atoms. The van der Waals surface area contributed by atoms with Crippen molar-refractivity contribution >= 4 is 11.6 Å². The first-order valence-corrected chi connectivity index (χ1v) is 5.82. The first kappa shape index (κ1) is 18.2. The Labute approximate surface area is 120 Å². The molecule has 1 amide bonds. The molecule has 0 spiro atoms. The molecule has 0 saturated heterocycles. The van der Waals surface area contributed by atoms with Crippen LogP contribution in [0.15, 0.2) is 24.3 Å². The number of hydrogen-bond donors (Lipinski definition) is 1. The average Bonchev–Trinajstić information content (AvgIpc) is 2.36. The summed E-state index contributed by atoms with van der Waals surface area (Å²) in [6.07, 6.45) is -11.8. The molecule has 1 N–H and O–H groups in total. The summed E-state index contributed by atoms with van der Waals surface area (Å²) in [6.45, 7) is 1.60. The second kappa shape index (κ2) is 6.11. The minimum Gasteiger partial charge on any atom is -0.320 e. The summed E-state index contributed by atoms with van der Waals surface area (Å²) in [4.78, 5) is 11.2. The van der Waals surface area contributed by atoms with Gasteiger partial charge in [-0.2, -0.15) is 17.6 Å². The van der Waals surface area contributed by atoms with E-state index in [1.165, 1.54) is 23.5 Å². The third-order valence-corrected chi connectivity index (χ3v) is 2.54. The SMILES string of the molecule is CCc1ccccc1NC(=O)C(F)(F)C(F)(F)OC(F)(F)F. The number of amides is 1. The van der Waals surface area contributed by atoms with Crippen molar-refractivity contribution < 1.29 is 40.3 Å². The van der Waals surface area contributed by atoms with Crippen LogP contribution in [0.2, 0.25) is 0 Å². The molecule has 1 aromatic rings. The Morgan fingerprint density at radius 1 is 1.09 bits per heavy atom. The molecule has 0 atom stereocenters. The number of carbonyl (C=O) groups excluding carboxylic acids is 1. The molecule has 0 aliphatic rings. The highest BCUT2D eigenvalue weighted by molar-refractivity contribution is 5.97. The zero-order valence-corrected chi connectivity index (χ0v) is 11.0. The van der Waals surface area contributed by atoms with E-state index in [1.807, 2.05) is 0 Å². The minimum atomic E-state index is -6.05. The van der Waals surface area contributed by atoms with Crippen molar-refractivity contribution in [3.63, 3.8) is 0 Å². The summed E-state index contributed by atoms with van der Waals surface area (Å²) in [7, 11) is 0. The fourth-order valence-corrected chi connectivity index (χ4v) is 1.49. The average molecular weight is 333 g/mol. The summed E-state index contributed by atoms with van der Waals surface area (Å²) < 4.78 is 89.5. The molecule has 0 unspecified atom stereocenters. The normalized spacial score (nSPS) is 13.1. The molecule has 0 aliphatic heterocycles. The highest BCUT2D eigenvalue weighted by Crippen LogP contribution is 2.40. The van der Waals surface area contributed by atoms with Gasteiger partial charge in [-0.05, 0) is 18.1 Å². The molecule has 124 valence electrons. The van der Waals surface area contributed by atoms with E-state index in [4.69, 9.17) is 0 Å². The van der Waals surface area contributed by atoms with E-state index in [1.54, 1.807) is 6.92 Å². The van der Waals surface area contributed by atoms with Gasteiger partial charge in [0.15, 0.2) is 0 Å². The van der Waals surface area contributed by atoms with Gasteiger partial charge in [0, 0.05) is 5.69 Å². The minimum absolute atomic E-state index is 0.211. The number of hydrogen-bond acceptors (Lipinski definition) is 2. The van der Waals surface area contributed by atoms with Crippen LogP contribution in [0, 0.1) is 0 Å². The van der Waals surface area contributed by atoms with Crippen LogP contribution in [0.4, 0.5) is 36.4 Å². The maximum Gasteiger partial charge on any atom is 0.527 e. The van der Waals surface area contributed by atoms with Crippen molar-refractivity contribution in [2.75, 3.05) is 5.32 Å². The molecule has 0 saturated carbocycles. The van der Waals surface area contributed by atoms with Crippen LogP contribution in [0.1, 0.15) is 12.5 Å². The predicted molar refractivity (Wildman–Crippen MR) is 61.5 cm³/mol. The number of aryl methyl sites for hydroxylation is 1. The fourth-order valence-electron chi connectivity index (χ4n) is 1.49. The van der Waals surface area contributed by atoms with Gasteiger partial charge in [0.2, 0.25) is 0 Å². The molecule has 0 heterocycles. The third-order valence-electron chi connectivity index (χ3n) is 2.54. The number of ether oxygens (including phenoxy) is 1. The van der Waals surface area contributed by atoms with Crippen molar-refractivity contribution in [3.05, 3.63) is 29.8 Å². The summed E-state index contributed by atoms with van der Waals surface area (Å²) in [5.41, 5.74) is 0.129. The van der Waals surface area contributed by atoms with Crippen molar-refractivity contribution in [1.29, 1.82) is 0 Å². The lowest BCUT2D eigenvalue weighted by Crippen LogP contribution is -2.53. The van der Waals surface area contributed by atoms with Crippen molar-refractivity contribution in [3.8, 4) is 0 Å². The number of rotatable bonds is 5. The van der Waals surface area contributed by atoms with Crippen LogP contribution in [-0.4, -0.2) is 24.3 Å². The Morgan fingerprint density at radius 3 is 2.14 bits per heavy atom. The molecule has 3 nitrogen and oxygen atoms in total. The molecule has 1 aromatic carbocycles. The van der Waals surface area contributed by atoms with E-state index < -0.39 is 24.3 Å². The summed E-state index contributed by atoms with van der Waals surface area (Å²) >= 11 is 0. The van der Waals surface area contributed by atoms with Crippen molar-refractivity contribution in [2.24, 2.45) is 0 Å². The molecular formula is C12H10F7NO2. The van der Waals surface area contributed by atoms with Crippen LogP contribution in [0.3, 0.4) is 0 Å². The maximum atomic E-state index is 13.3. The van der Waals surface area contributed by atoms with Crippen molar-refractivity contribution in [1.82, 2.24) is 0 Å². The lowest BCUT2D eigenvalue weighted by molar-refractivity contribution is -0.457. The summed E-state index contributed by atoms with van der Waals surface area (Å²) in [5.74, 6) is -8.33. The summed E-state index contributed by atoms with van der Waals surface area (Å²) in [6, 6.07) is 5.42. The Bertz CT molecular complexity index is 543. The Morgan fingerprint density at radius 2 is 1.64 bits per heavy atom. The number of benzene rings is 1. The first-order valence-electron chi connectivity index (χ1n) is 5.82. The van der Waals surface area contributed by atoms with Crippen LogP contribution < -0.4 is 5.32 Å². The molecule has 0 bridgehead atoms. The van der Waals surface area contributed by atoms with Crippen LogP contribution >= 0.6 is 0 Å². The van der Waals surface area contributed by atoms with Gasteiger partial charge in [0.1, 0.15) is 0 Å². The van der Waals surface area contributed by atoms with E-state index in [0.29, 0.717) is 5.56 Å². The van der Waals surface area contributed by atoms with E-state index >= 15 is 0 Å². The van der Waals surface area contributed by atoms with Crippen LogP contribution in [0.5, 0.6) is 0 Å². The van der Waals surface area contributed by atoms with Gasteiger partial charge in [-0.1, -0.05) is 25.1 Å². The molecule has 1 rings (SSSR count). The zero-order valence-electron chi connectivity index (χ0n) is 11.0. The van der Waals surface area contributed by atoms with Gasteiger partial charge in [0.05, 0.1) is 0 Å². The Kier molecular flexibility index (Phi) is 5.06. The van der Waals surface area contributed by atoms with E-state index in [0.717, 1.165) is 6.07 Å². The lowest BCUT2D eigenvalue weighted by Gasteiger charge is -2.26. The monoisotopic (exact) mass is 333 g/mol. The Hall–Kier alpha value is -1.84. The molecular weight excluding hydrogens is 323 g/mol. The number of alkyl halides is 7. The molecule has 0 radical (unpaired) electrons. The predicted octanol–water partition coefficient (Wildman–Crippen LogP) is 3.95. The fraction of sp³-hybridized carbons (Fsp3) is 0.417. The highest BCUT2D eigenvalue weighted by Gasteiger charge is 2.67. The van der Waals surface area contributed by atoms with Gasteiger partial charge in [-0.15, -0.1) is 13.2 Å². The van der Waals surface area contributed by atoms with Crippen LogP contribution in [-0.2, 0) is 16.0 Å². The number of nitrogens with one attached hydrogen (secondary N) is 1.